The van der Waals surface area contributed by atoms with E-state index in [1.807, 2.05) is 0 Å². The van der Waals surface area contributed by atoms with Gasteiger partial charge in [0.2, 0.25) is 0 Å². The molecule has 4 rings (SSSR count). The largest absolute Gasteiger partial charge is 0.377 e. The van der Waals surface area contributed by atoms with Crippen molar-refractivity contribution in [1.82, 2.24) is 4.90 Å². The SMILES string of the molecule is CN(C)C1=C2C=CC=CC2/C(=C2/C=Cc3ccccc32)C=C1. The first-order valence-electron chi connectivity index (χ1n) is 7.72. The Morgan fingerprint density at radius 1 is 0.818 bits per heavy atom. The Labute approximate surface area is 132 Å². The molecule has 0 saturated heterocycles. The molecule has 1 aromatic carbocycles. The third-order valence-electron chi connectivity index (χ3n) is 4.55. The molecule has 1 aromatic rings. The smallest absolute Gasteiger partial charge is 0.0403 e. The molecule has 0 fully saturated rings. The van der Waals surface area contributed by atoms with Gasteiger partial charge in [-0.2, -0.15) is 0 Å². The maximum atomic E-state index is 2.30. The first-order valence-corrected chi connectivity index (χ1v) is 7.72. The van der Waals surface area contributed by atoms with Crippen LogP contribution in [0.1, 0.15) is 11.1 Å². The molecule has 0 heterocycles. The fourth-order valence-corrected chi connectivity index (χ4v) is 3.49. The van der Waals surface area contributed by atoms with Crippen molar-refractivity contribution in [2.24, 2.45) is 5.92 Å². The van der Waals surface area contributed by atoms with Crippen molar-refractivity contribution in [1.29, 1.82) is 0 Å². The van der Waals surface area contributed by atoms with Crippen LogP contribution in [0, 0.1) is 5.92 Å². The lowest BCUT2D eigenvalue weighted by molar-refractivity contribution is 0.517. The van der Waals surface area contributed by atoms with Gasteiger partial charge in [-0.15, -0.1) is 0 Å². The fourth-order valence-electron chi connectivity index (χ4n) is 3.49. The molecule has 1 unspecified atom stereocenters. The summed E-state index contributed by atoms with van der Waals surface area (Å²) in [7, 11) is 4.22. The summed E-state index contributed by atoms with van der Waals surface area (Å²) in [6, 6.07) is 8.63. The molecule has 0 spiro atoms. The topological polar surface area (TPSA) is 3.24 Å². The summed E-state index contributed by atoms with van der Waals surface area (Å²) >= 11 is 0. The van der Waals surface area contributed by atoms with Gasteiger partial charge in [0.1, 0.15) is 0 Å². The van der Waals surface area contributed by atoms with Gasteiger partial charge in [0, 0.05) is 25.7 Å². The Bertz CT molecular complexity index is 810. The molecule has 0 bridgehead atoms. The average molecular weight is 285 g/mol. The van der Waals surface area contributed by atoms with Crippen LogP contribution in [-0.4, -0.2) is 19.0 Å². The van der Waals surface area contributed by atoms with E-state index in [1.165, 1.54) is 33.5 Å². The van der Waals surface area contributed by atoms with Gasteiger partial charge in [-0.25, -0.2) is 0 Å². The van der Waals surface area contributed by atoms with E-state index in [4.69, 9.17) is 0 Å². The summed E-state index contributed by atoms with van der Waals surface area (Å²) in [5, 5.41) is 0. The van der Waals surface area contributed by atoms with E-state index in [9.17, 15) is 0 Å². The highest BCUT2D eigenvalue weighted by Crippen LogP contribution is 2.41. The molecule has 0 amide bonds. The Hall–Kier alpha value is -2.54. The Balaban J connectivity index is 1.89. The molecule has 3 aliphatic carbocycles. The van der Waals surface area contributed by atoms with E-state index in [2.05, 4.69) is 91.9 Å². The normalized spacial score (nSPS) is 24.7. The van der Waals surface area contributed by atoms with Crippen LogP contribution in [-0.2, 0) is 0 Å². The standard InChI is InChI=1S/C21H19N/c1-22(2)21-14-13-19(17-9-5-6-10-20(17)21)18-12-11-15-7-3-4-8-16(15)18/h3-14,17H,1-2H3/b19-18-. The van der Waals surface area contributed by atoms with E-state index in [0.717, 1.165) is 0 Å². The van der Waals surface area contributed by atoms with E-state index in [1.54, 1.807) is 0 Å². The summed E-state index contributed by atoms with van der Waals surface area (Å²) in [6.45, 7) is 0. The lowest BCUT2D eigenvalue weighted by atomic mass is 9.79. The number of likely N-dealkylation sites (N-methyl/N-ethyl adjacent to an activating group) is 1. The fraction of sp³-hybridized carbons (Fsp3) is 0.143. The number of rotatable bonds is 1. The van der Waals surface area contributed by atoms with Gasteiger partial charge in [-0.05, 0) is 33.9 Å². The first kappa shape index (κ1) is 13.1. The minimum absolute atomic E-state index is 0.346. The van der Waals surface area contributed by atoms with Crippen LogP contribution < -0.4 is 0 Å². The third-order valence-corrected chi connectivity index (χ3v) is 4.55. The van der Waals surface area contributed by atoms with Crippen molar-refractivity contribution >= 4 is 11.6 Å². The molecule has 1 heteroatoms. The monoisotopic (exact) mass is 285 g/mol. The van der Waals surface area contributed by atoms with Crippen molar-refractivity contribution in [3.8, 4) is 0 Å². The molecule has 0 radical (unpaired) electrons. The van der Waals surface area contributed by atoms with Gasteiger partial charge >= 0.3 is 0 Å². The maximum absolute atomic E-state index is 2.30. The molecule has 0 aliphatic heterocycles. The Morgan fingerprint density at radius 2 is 1.68 bits per heavy atom. The van der Waals surface area contributed by atoms with E-state index < -0.39 is 0 Å². The van der Waals surface area contributed by atoms with Crippen LogP contribution in [0.5, 0.6) is 0 Å². The zero-order valence-corrected chi connectivity index (χ0v) is 13.0. The first-order chi connectivity index (χ1) is 10.8. The number of hydrogen-bond acceptors (Lipinski definition) is 1. The van der Waals surface area contributed by atoms with Crippen molar-refractivity contribution in [2.75, 3.05) is 14.1 Å². The molecule has 22 heavy (non-hydrogen) atoms. The number of benzene rings is 1. The quantitative estimate of drug-likeness (QED) is 0.729. The lowest BCUT2D eigenvalue weighted by Crippen LogP contribution is -2.19. The van der Waals surface area contributed by atoms with Crippen molar-refractivity contribution in [3.63, 3.8) is 0 Å². The highest BCUT2D eigenvalue weighted by Gasteiger charge is 2.26. The molecule has 3 aliphatic rings. The summed E-state index contributed by atoms with van der Waals surface area (Å²) in [4.78, 5) is 2.20. The summed E-state index contributed by atoms with van der Waals surface area (Å²) < 4.78 is 0. The zero-order valence-electron chi connectivity index (χ0n) is 13.0. The van der Waals surface area contributed by atoms with Gasteiger partial charge in [0.15, 0.2) is 0 Å². The maximum Gasteiger partial charge on any atom is 0.0403 e. The number of hydrogen-bond donors (Lipinski definition) is 0. The summed E-state index contributed by atoms with van der Waals surface area (Å²) in [5.74, 6) is 0.346. The summed E-state index contributed by atoms with van der Waals surface area (Å²) in [5.41, 5.74) is 8.09. The summed E-state index contributed by atoms with van der Waals surface area (Å²) in [6.07, 6.45) is 17.9. The number of allylic oxidation sites excluding steroid dienone is 10. The highest BCUT2D eigenvalue weighted by atomic mass is 15.1. The van der Waals surface area contributed by atoms with Crippen LogP contribution >= 0.6 is 0 Å². The lowest BCUT2D eigenvalue weighted by Gasteiger charge is -2.29. The average Bonchev–Trinajstić information content (AvgIpc) is 2.97. The third kappa shape index (κ3) is 1.93. The zero-order chi connectivity index (χ0) is 15.1. The number of fused-ring (bicyclic) bond motifs is 2. The van der Waals surface area contributed by atoms with Crippen LogP contribution in [0.2, 0.25) is 0 Å². The highest BCUT2D eigenvalue weighted by molar-refractivity contribution is 5.93. The minimum atomic E-state index is 0.346. The number of nitrogens with zero attached hydrogens (tertiary/aromatic N) is 1. The second kappa shape index (κ2) is 5.03. The van der Waals surface area contributed by atoms with Crippen molar-refractivity contribution in [3.05, 3.63) is 94.8 Å². The molecule has 0 saturated carbocycles. The van der Waals surface area contributed by atoms with E-state index in [-0.39, 0.29) is 0 Å². The van der Waals surface area contributed by atoms with E-state index >= 15 is 0 Å². The molecular formula is C21H19N. The van der Waals surface area contributed by atoms with Gasteiger partial charge in [-0.1, -0.05) is 66.8 Å². The predicted octanol–water partition coefficient (Wildman–Crippen LogP) is 4.59. The van der Waals surface area contributed by atoms with Crippen molar-refractivity contribution in [2.45, 2.75) is 0 Å². The molecule has 108 valence electrons. The molecule has 0 aromatic heterocycles. The van der Waals surface area contributed by atoms with Gasteiger partial charge in [0.25, 0.3) is 0 Å². The van der Waals surface area contributed by atoms with Crippen LogP contribution in [0.3, 0.4) is 0 Å². The second-order valence-corrected chi connectivity index (χ2v) is 6.08. The van der Waals surface area contributed by atoms with Gasteiger partial charge in [0.05, 0.1) is 0 Å². The van der Waals surface area contributed by atoms with Crippen LogP contribution in [0.15, 0.2) is 83.6 Å². The molecule has 1 nitrogen and oxygen atoms in total. The van der Waals surface area contributed by atoms with Crippen LogP contribution in [0.4, 0.5) is 0 Å². The molecule has 0 N–H and O–H groups in total. The molecule has 1 atom stereocenters. The van der Waals surface area contributed by atoms with Crippen LogP contribution in [0.25, 0.3) is 11.6 Å². The Morgan fingerprint density at radius 3 is 2.55 bits per heavy atom. The van der Waals surface area contributed by atoms with E-state index in [0.29, 0.717) is 5.92 Å². The second-order valence-electron chi connectivity index (χ2n) is 6.08. The molecular weight excluding hydrogens is 266 g/mol. The predicted molar refractivity (Wildman–Crippen MR) is 94.0 cm³/mol. The minimum Gasteiger partial charge on any atom is -0.377 e. The van der Waals surface area contributed by atoms with Crippen molar-refractivity contribution < 1.29 is 0 Å². The van der Waals surface area contributed by atoms with Gasteiger partial charge in [-0.3, -0.25) is 0 Å². The van der Waals surface area contributed by atoms with Gasteiger partial charge < -0.3 is 4.90 Å². The Kier molecular flexibility index (Phi) is 3.00.